The zero-order chi connectivity index (χ0) is 18.3. The fourth-order valence-electron chi connectivity index (χ4n) is 3.37. The highest BCUT2D eigenvalue weighted by Crippen LogP contribution is 2.47. The van der Waals surface area contributed by atoms with Gasteiger partial charge in [-0.05, 0) is 52.2 Å². The fourth-order valence-corrected chi connectivity index (χ4v) is 3.95. The second-order valence-electron chi connectivity index (χ2n) is 6.06. The van der Waals surface area contributed by atoms with Gasteiger partial charge in [0.05, 0.1) is 18.2 Å². The Morgan fingerprint density at radius 2 is 2.00 bits per heavy atom. The van der Waals surface area contributed by atoms with Crippen LogP contribution in [0.25, 0.3) is 0 Å². The van der Waals surface area contributed by atoms with E-state index in [4.69, 9.17) is 18.9 Å². The lowest BCUT2D eigenvalue weighted by molar-refractivity contribution is -0.116. The van der Waals surface area contributed by atoms with Crippen molar-refractivity contribution in [2.45, 2.75) is 19.3 Å². The molecule has 2 aromatic rings. The van der Waals surface area contributed by atoms with Gasteiger partial charge >= 0.3 is 0 Å². The molecule has 1 N–H and O–H groups in total. The largest absolute Gasteiger partial charge is 0.493 e. The van der Waals surface area contributed by atoms with Crippen LogP contribution >= 0.6 is 15.9 Å². The maximum Gasteiger partial charge on any atom is 0.231 e. The molecule has 0 fully saturated rings. The second kappa shape index (κ2) is 6.72. The van der Waals surface area contributed by atoms with Crippen molar-refractivity contribution in [3.05, 3.63) is 39.9 Å². The number of carbonyl (C=O) groups is 1. The molecule has 1 unspecified atom stereocenters. The number of benzene rings is 2. The third-order valence-corrected chi connectivity index (χ3v) is 5.12. The van der Waals surface area contributed by atoms with Crippen LogP contribution in [-0.4, -0.2) is 26.4 Å². The van der Waals surface area contributed by atoms with E-state index in [0.29, 0.717) is 36.0 Å². The van der Waals surface area contributed by atoms with E-state index in [1.165, 1.54) is 0 Å². The number of halogens is 1. The Morgan fingerprint density at radius 3 is 2.73 bits per heavy atom. The first-order chi connectivity index (χ1) is 12.6. The summed E-state index contributed by atoms with van der Waals surface area (Å²) in [5.74, 6) is 2.48. The van der Waals surface area contributed by atoms with E-state index in [1.54, 1.807) is 7.11 Å². The standard InChI is InChI=1S/C19H18BrNO5/c1-3-24-19-13(20)4-10(5-17(19)23-2)11-7-18(22)21-14-8-16-15(6-12(11)14)25-9-26-16/h4-6,8,11H,3,7,9H2,1-2H3,(H,21,22). The van der Waals surface area contributed by atoms with Gasteiger partial charge in [-0.15, -0.1) is 0 Å². The number of methoxy groups -OCH3 is 1. The molecule has 6 nitrogen and oxygen atoms in total. The third kappa shape index (κ3) is 2.86. The van der Waals surface area contributed by atoms with Crippen LogP contribution in [0, 0.1) is 0 Å². The summed E-state index contributed by atoms with van der Waals surface area (Å²) in [4.78, 5) is 12.3. The topological polar surface area (TPSA) is 66.0 Å². The molecular formula is C19H18BrNO5. The average Bonchev–Trinajstić information content (AvgIpc) is 3.08. The van der Waals surface area contributed by atoms with Crippen molar-refractivity contribution in [1.29, 1.82) is 0 Å². The van der Waals surface area contributed by atoms with Gasteiger partial charge < -0.3 is 24.3 Å². The molecule has 0 saturated carbocycles. The van der Waals surface area contributed by atoms with E-state index in [1.807, 2.05) is 31.2 Å². The molecule has 2 heterocycles. The summed E-state index contributed by atoms with van der Waals surface area (Å²) >= 11 is 3.56. The first-order valence-corrected chi connectivity index (χ1v) is 9.13. The van der Waals surface area contributed by atoms with Crippen LogP contribution in [0.4, 0.5) is 5.69 Å². The molecule has 1 atom stereocenters. The van der Waals surface area contributed by atoms with Crippen molar-refractivity contribution in [2.75, 3.05) is 25.8 Å². The molecule has 0 radical (unpaired) electrons. The van der Waals surface area contributed by atoms with E-state index in [2.05, 4.69) is 21.2 Å². The molecule has 2 aromatic carbocycles. The van der Waals surface area contributed by atoms with E-state index >= 15 is 0 Å². The molecule has 2 aliphatic heterocycles. The predicted molar refractivity (Wildman–Crippen MR) is 99.5 cm³/mol. The number of rotatable bonds is 4. The van der Waals surface area contributed by atoms with Crippen LogP contribution in [0.2, 0.25) is 0 Å². The Morgan fingerprint density at radius 1 is 1.23 bits per heavy atom. The number of hydrogen-bond donors (Lipinski definition) is 1. The van der Waals surface area contributed by atoms with Crippen LogP contribution in [0.1, 0.15) is 30.4 Å². The second-order valence-corrected chi connectivity index (χ2v) is 6.92. The van der Waals surface area contributed by atoms with Gasteiger partial charge in [0.25, 0.3) is 0 Å². The minimum absolute atomic E-state index is 0.0367. The molecular weight excluding hydrogens is 402 g/mol. The zero-order valence-corrected chi connectivity index (χ0v) is 16.0. The zero-order valence-electron chi connectivity index (χ0n) is 14.4. The molecule has 0 aliphatic carbocycles. The Labute approximate surface area is 159 Å². The minimum atomic E-state index is -0.117. The normalized spacial score (nSPS) is 17.5. The van der Waals surface area contributed by atoms with Gasteiger partial charge in [0.15, 0.2) is 23.0 Å². The summed E-state index contributed by atoms with van der Waals surface area (Å²) in [6.45, 7) is 2.65. The lowest BCUT2D eigenvalue weighted by Crippen LogP contribution is -2.23. The van der Waals surface area contributed by atoms with Crippen LogP contribution in [-0.2, 0) is 4.79 Å². The van der Waals surface area contributed by atoms with Gasteiger partial charge in [-0.1, -0.05) is 0 Å². The maximum absolute atomic E-state index is 12.3. The molecule has 136 valence electrons. The molecule has 0 bridgehead atoms. The van der Waals surface area contributed by atoms with Gasteiger partial charge in [0.1, 0.15) is 0 Å². The van der Waals surface area contributed by atoms with Gasteiger partial charge in [-0.25, -0.2) is 0 Å². The molecule has 7 heteroatoms. The smallest absolute Gasteiger partial charge is 0.231 e. The predicted octanol–water partition coefficient (Wildman–Crippen LogP) is 4.06. The van der Waals surface area contributed by atoms with Crippen molar-refractivity contribution in [3.8, 4) is 23.0 Å². The number of hydrogen-bond acceptors (Lipinski definition) is 5. The molecule has 2 aliphatic rings. The van der Waals surface area contributed by atoms with Crippen molar-refractivity contribution in [2.24, 2.45) is 0 Å². The van der Waals surface area contributed by atoms with Crippen molar-refractivity contribution < 1.29 is 23.7 Å². The summed E-state index contributed by atoms with van der Waals surface area (Å²) in [5, 5.41) is 2.92. The summed E-state index contributed by atoms with van der Waals surface area (Å²) in [6.07, 6.45) is 0.343. The Balaban J connectivity index is 1.82. The first-order valence-electron chi connectivity index (χ1n) is 8.34. The molecule has 4 rings (SSSR count). The Kier molecular flexibility index (Phi) is 4.40. The average molecular weight is 420 g/mol. The quantitative estimate of drug-likeness (QED) is 0.809. The van der Waals surface area contributed by atoms with Crippen molar-refractivity contribution >= 4 is 27.5 Å². The van der Waals surface area contributed by atoms with Crippen LogP contribution in [0.15, 0.2) is 28.7 Å². The molecule has 26 heavy (non-hydrogen) atoms. The van der Waals surface area contributed by atoms with Gasteiger partial charge in [0, 0.05) is 24.1 Å². The summed E-state index contributed by atoms with van der Waals surface area (Å²) in [7, 11) is 1.60. The summed E-state index contributed by atoms with van der Waals surface area (Å²) in [5.41, 5.74) is 2.71. The Hall–Kier alpha value is -2.41. The molecule has 0 aromatic heterocycles. The van der Waals surface area contributed by atoms with Gasteiger partial charge in [0.2, 0.25) is 12.7 Å². The summed E-state index contributed by atoms with van der Waals surface area (Å²) < 4.78 is 22.9. The highest BCUT2D eigenvalue weighted by molar-refractivity contribution is 9.10. The highest BCUT2D eigenvalue weighted by Gasteiger charge is 2.31. The summed E-state index contributed by atoms with van der Waals surface area (Å²) in [6, 6.07) is 7.67. The van der Waals surface area contributed by atoms with E-state index in [0.717, 1.165) is 21.3 Å². The number of amides is 1. The highest BCUT2D eigenvalue weighted by atomic mass is 79.9. The van der Waals surface area contributed by atoms with E-state index in [9.17, 15) is 4.79 Å². The lowest BCUT2D eigenvalue weighted by Gasteiger charge is -2.27. The van der Waals surface area contributed by atoms with Crippen molar-refractivity contribution in [3.63, 3.8) is 0 Å². The van der Waals surface area contributed by atoms with Crippen molar-refractivity contribution in [1.82, 2.24) is 0 Å². The third-order valence-electron chi connectivity index (χ3n) is 4.53. The molecule has 0 spiro atoms. The number of ether oxygens (including phenoxy) is 4. The van der Waals surface area contributed by atoms with Crippen LogP contribution in [0.3, 0.4) is 0 Å². The first kappa shape index (κ1) is 17.0. The van der Waals surface area contributed by atoms with Crippen LogP contribution < -0.4 is 24.3 Å². The molecule has 0 saturated heterocycles. The number of anilines is 1. The SMILES string of the molecule is CCOc1c(Br)cc(C2CC(=O)Nc3cc4c(cc32)OCO4)cc1OC. The lowest BCUT2D eigenvalue weighted by atomic mass is 9.84. The van der Waals surface area contributed by atoms with Gasteiger partial charge in [-0.2, -0.15) is 0 Å². The maximum atomic E-state index is 12.3. The fraction of sp³-hybridized carbons (Fsp3) is 0.316. The molecule has 1 amide bonds. The number of carbonyl (C=O) groups excluding carboxylic acids is 1. The van der Waals surface area contributed by atoms with Crippen LogP contribution in [0.5, 0.6) is 23.0 Å². The monoisotopic (exact) mass is 419 g/mol. The Bertz CT molecular complexity index is 883. The minimum Gasteiger partial charge on any atom is -0.493 e. The number of nitrogens with one attached hydrogen (secondary N) is 1. The van der Waals surface area contributed by atoms with E-state index in [-0.39, 0.29) is 18.6 Å². The number of fused-ring (bicyclic) bond motifs is 2. The van der Waals surface area contributed by atoms with E-state index < -0.39 is 0 Å². The van der Waals surface area contributed by atoms with Gasteiger partial charge in [-0.3, -0.25) is 4.79 Å².